The van der Waals surface area contributed by atoms with Crippen molar-refractivity contribution in [1.29, 1.82) is 0 Å². The van der Waals surface area contributed by atoms with E-state index < -0.39 is 5.97 Å². The lowest BCUT2D eigenvalue weighted by atomic mass is 9.84. The highest BCUT2D eigenvalue weighted by Crippen LogP contribution is 2.42. The van der Waals surface area contributed by atoms with Crippen molar-refractivity contribution in [3.05, 3.63) is 35.2 Å². The molecule has 7 heteroatoms. The molecule has 2 aromatic rings. The molecule has 0 saturated carbocycles. The van der Waals surface area contributed by atoms with E-state index in [4.69, 9.17) is 9.15 Å². The maximum atomic E-state index is 12.6. The van der Waals surface area contributed by atoms with E-state index in [0.717, 1.165) is 37.1 Å². The quantitative estimate of drug-likeness (QED) is 0.770. The van der Waals surface area contributed by atoms with Crippen molar-refractivity contribution in [2.45, 2.75) is 33.6 Å². The van der Waals surface area contributed by atoms with E-state index in [2.05, 4.69) is 23.8 Å². The Morgan fingerprint density at radius 2 is 2.28 bits per heavy atom. The Balaban J connectivity index is 1.77. The zero-order valence-corrected chi connectivity index (χ0v) is 16.9. The van der Waals surface area contributed by atoms with Crippen LogP contribution >= 0.6 is 0 Å². The van der Waals surface area contributed by atoms with E-state index in [1.54, 1.807) is 25.4 Å². The van der Waals surface area contributed by atoms with Gasteiger partial charge in [0, 0.05) is 36.6 Å². The summed E-state index contributed by atoms with van der Waals surface area (Å²) in [6.07, 6.45) is 7.13. The number of allylic oxidation sites excluding steroid dienone is 1. The maximum Gasteiger partial charge on any atom is 0.347 e. The van der Waals surface area contributed by atoms with Crippen LogP contribution < -0.4 is 4.90 Å². The predicted octanol–water partition coefficient (Wildman–Crippen LogP) is 4.44. The number of hydrogen-bond acceptors (Lipinski definition) is 7. The minimum absolute atomic E-state index is 0.0812. The molecule has 4 heterocycles. The van der Waals surface area contributed by atoms with E-state index in [9.17, 15) is 9.90 Å². The van der Waals surface area contributed by atoms with Crippen LogP contribution in [0.15, 0.2) is 27.7 Å². The van der Waals surface area contributed by atoms with Gasteiger partial charge in [0.05, 0.1) is 6.61 Å². The van der Waals surface area contributed by atoms with Gasteiger partial charge in [-0.2, -0.15) is 0 Å². The van der Waals surface area contributed by atoms with Crippen LogP contribution in [-0.4, -0.2) is 42.0 Å². The van der Waals surface area contributed by atoms with Crippen molar-refractivity contribution in [2.24, 2.45) is 10.4 Å². The number of esters is 1. The summed E-state index contributed by atoms with van der Waals surface area (Å²) in [5.74, 6) is 0.402. The maximum absolute atomic E-state index is 12.6. The third kappa shape index (κ3) is 3.64. The average Bonchev–Trinajstić information content (AvgIpc) is 3.23. The van der Waals surface area contributed by atoms with Gasteiger partial charge in [-0.15, -0.1) is 0 Å². The van der Waals surface area contributed by atoms with E-state index in [0.29, 0.717) is 11.7 Å². The van der Waals surface area contributed by atoms with Gasteiger partial charge in [0.2, 0.25) is 5.88 Å². The van der Waals surface area contributed by atoms with Gasteiger partial charge in [0.15, 0.2) is 22.9 Å². The summed E-state index contributed by atoms with van der Waals surface area (Å²) >= 11 is 0. The zero-order chi connectivity index (χ0) is 20.6. The van der Waals surface area contributed by atoms with Crippen LogP contribution in [0.2, 0.25) is 0 Å². The van der Waals surface area contributed by atoms with Gasteiger partial charge in [0.1, 0.15) is 0 Å². The molecule has 0 unspecified atom stereocenters. The molecule has 0 atom stereocenters. The molecule has 2 aromatic heterocycles. The molecule has 0 aromatic carbocycles. The number of rotatable bonds is 4. The monoisotopic (exact) mass is 395 g/mol. The van der Waals surface area contributed by atoms with Gasteiger partial charge >= 0.3 is 5.97 Å². The van der Waals surface area contributed by atoms with Crippen molar-refractivity contribution in [1.82, 2.24) is 4.98 Å². The van der Waals surface area contributed by atoms with Crippen LogP contribution in [0.25, 0.3) is 11.6 Å². The molecule has 4 rings (SSSR count). The number of carbonyl (C=O) groups excluding carboxylic acids is 1. The number of piperidine rings is 1. The van der Waals surface area contributed by atoms with Crippen LogP contribution in [-0.2, 0) is 4.74 Å². The number of aromatic nitrogens is 1. The fourth-order valence-corrected chi connectivity index (χ4v) is 3.91. The molecule has 29 heavy (non-hydrogen) atoms. The Bertz CT molecular complexity index is 1000. The smallest absolute Gasteiger partial charge is 0.347 e. The van der Waals surface area contributed by atoms with Crippen LogP contribution in [0.3, 0.4) is 0 Å². The molecule has 0 radical (unpaired) electrons. The Morgan fingerprint density at radius 3 is 3.03 bits per heavy atom. The standard InChI is InChI=1S/C22H25N3O4/c1-4-28-21(27)17-18(26)16(11-14-12-24-19-15(14)7-5-9-23-19)29-20(17)25-10-6-8-22(2,3)13-25/h5,7,9,11-12,26H,4,6,8,10,13H2,1-3H3. The topological polar surface area (TPSA) is 88.2 Å². The fourth-order valence-electron chi connectivity index (χ4n) is 3.91. The van der Waals surface area contributed by atoms with E-state index >= 15 is 0 Å². The summed E-state index contributed by atoms with van der Waals surface area (Å²) in [7, 11) is 0. The number of hydrogen-bond donors (Lipinski definition) is 1. The van der Waals surface area contributed by atoms with Gasteiger partial charge in [-0.05, 0) is 43.4 Å². The van der Waals surface area contributed by atoms with Crippen molar-refractivity contribution in [3.8, 4) is 5.75 Å². The lowest BCUT2D eigenvalue weighted by Gasteiger charge is -2.38. The van der Waals surface area contributed by atoms with E-state index in [1.165, 1.54) is 0 Å². The number of anilines is 1. The highest BCUT2D eigenvalue weighted by atomic mass is 16.5. The van der Waals surface area contributed by atoms with Gasteiger partial charge in [-0.25, -0.2) is 14.8 Å². The number of nitrogens with zero attached hydrogens (tertiary/aromatic N) is 3. The summed E-state index contributed by atoms with van der Waals surface area (Å²) in [6, 6.07) is 3.73. The number of pyridine rings is 1. The second-order valence-electron chi connectivity index (χ2n) is 8.14. The average molecular weight is 395 g/mol. The molecule has 7 nitrogen and oxygen atoms in total. The van der Waals surface area contributed by atoms with Crippen molar-refractivity contribution >= 4 is 35.5 Å². The Labute approximate surface area is 169 Å². The molecular weight excluding hydrogens is 370 g/mol. The van der Waals surface area contributed by atoms with Crippen LogP contribution in [0.4, 0.5) is 11.7 Å². The molecule has 1 saturated heterocycles. The van der Waals surface area contributed by atoms with Gasteiger partial charge in [-0.1, -0.05) is 13.8 Å². The Hall–Kier alpha value is -3.09. The number of fused-ring (bicyclic) bond motifs is 1. The molecule has 2 aliphatic rings. The van der Waals surface area contributed by atoms with Gasteiger partial charge in [-0.3, -0.25) is 0 Å². The first kappa shape index (κ1) is 19.2. The van der Waals surface area contributed by atoms with Gasteiger partial charge in [0.25, 0.3) is 0 Å². The summed E-state index contributed by atoms with van der Waals surface area (Å²) in [6.45, 7) is 7.82. The molecule has 1 fully saturated rings. The predicted molar refractivity (Wildman–Crippen MR) is 112 cm³/mol. The highest BCUT2D eigenvalue weighted by molar-refractivity contribution is 6.21. The van der Waals surface area contributed by atoms with Crippen LogP contribution in [0.5, 0.6) is 5.75 Å². The van der Waals surface area contributed by atoms with Crippen molar-refractivity contribution in [2.75, 3.05) is 24.6 Å². The minimum Gasteiger partial charge on any atom is -0.504 e. The van der Waals surface area contributed by atoms with Crippen molar-refractivity contribution < 1.29 is 19.1 Å². The molecule has 0 spiro atoms. The zero-order valence-electron chi connectivity index (χ0n) is 16.9. The normalized spacial score (nSPS) is 18.9. The molecule has 2 aliphatic heterocycles. The largest absolute Gasteiger partial charge is 0.504 e. The Morgan fingerprint density at radius 1 is 1.45 bits per heavy atom. The second-order valence-corrected chi connectivity index (χ2v) is 8.14. The number of carbonyl (C=O) groups is 1. The first-order chi connectivity index (χ1) is 13.9. The van der Waals surface area contributed by atoms with Crippen LogP contribution in [0, 0.1) is 5.41 Å². The molecule has 0 aliphatic carbocycles. The highest BCUT2D eigenvalue weighted by Gasteiger charge is 2.34. The van der Waals surface area contributed by atoms with Gasteiger partial charge < -0.3 is 19.2 Å². The second kappa shape index (κ2) is 7.39. The summed E-state index contributed by atoms with van der Waals surface area (Å²) in [4.78, 5) is 23.1. The van der Waals surface area contributed by atoms with E-state index in [1.807, 2.05) is 17.0 Å². The summed E-state index contributed by atoms with van der Waals surface area (Å²) in [5, 5.41) is 10.8. The summed E-state index contributed by atoms with van der Waals surface area (Å²) < 4.78 is 11.2. The van der Waals surface area contributed by atoms with E-state index in [-0.39, 0.29) is 29.1 Å². The third-order valence-electron chi connectivity index (χ3n) is 5.27. The minimum atomic E-state index is -0.584. The number of aromatic hydroxyl groups is 1. The van der Waals surface area contributed by atoms with Crippen LogP contribution in [0.1, 0.15) is 55.3 Å². The molecule has 0 bridgehead atoms. The molecule has 1 N–H and O–H groups in total. The molecule has 152 valence electrons. The molecular formula is C22H25N3O4. The van der Waals surface area contributed by atoms with Crippen molar-refractivity contribution in [3.63, 3.8) is 0 Å². The first-order valence-corrected chi connectivity index (χ1v) is 9.88. The number of furan rings is 1. The fraction of sp³-hybridized carbons (Fsp3) is 0.409. The molecule has 0 amide bonds. The summed E-state index contributed by atoms with van der Waals surface area (Å²) in [5.41, 5.74) is 1.78. The number of aliphatic imine (C=N–C) groups is 1. The Kier molecular flexibility index (Phi) is 4.90. The lowest BCUT2D eigenvalue weighted by molar-refractivity contribution is 0.0523. The third-order valence-corrected chi connectivity index (χ3v) is 5.27. The number of ether oxygens (including phenoxy) is 1. The lowest BCUT2D eigenvalue weighted by Crippen LogP contribution is -2.40. The first-order valence-electron chi connectivity index (χ1n) is 9.88. The SMILES string of the molecule is CCOC(=O)c1c(N2CCCC(C)(C)C2)oc(C=C2C=Nc3ncccc32)c1O.